The Morgan fingerprint density at radius 3 is 1.12 bits per heavy atom. The van der Waals surface area contributed by atoms with Crippen molar-refractivity contribution in [3.8, 4) is 89.7 Å². The van der Waals surface area contributed by atoms with Crippen LogP contribution in [0.15, 0.2) is 328 Å². The highest BCUT2D eigenvalue weighted by Crippen LogP contribution is 2.40. The van der Waals surface area contributed by atoms with Crippen LogP contribution in [0.1, 0.15) is 0 Å². The lowest BCUT2D eigenvalue weighted by atomic mass is 9.92. The van der Waals surface area contributed by atoms with Gasteiger partial charge in [0, 0.05) is 39.2 Å². The molecule has 0 spiro atoms. The molecule has 0 saturated heterocycles. The maximum Gasteiger partial charge on any atom is 0.180 e. The van der Waals surface area contributed by atoms with Crippen molar-refractivity contribution < 1.29 is 0 Å². The van der Waals surface area contributed by atoms with Crippen LogP contribution in [0.4, 0.5) is 0 Å². The topological polar surface area (TPSA) is 51.6 Å². The van der Waals surface area contributed by atoms with E-state index in [1.54, 1.807) is 0 Å². The minimum Gasteiger partial charge on any atom is -0.254 e. The number of rotatable bonds is 10. The molecular formula is C82H54N4Si2. The average molecular weight is 1150 g/mol. The van der Waals surface area contributed by atoms with Crippen molar-refractivity contribution in [2.45, 2.75) is 0 Å². The molecule has 0 radical (unpaired) electrons. The van der Waals surface area contributed by atoms with E-state index in [4.69, 9.17) is 19.9 Å². The van der Waals surface area contributed by atoms with Crippen molar-refractivity contribution in [3.05, 3.63) is 328 Å². The second kappa shape index (κ2) is 20.9. The van der Waals surface area contributed by atoms with E-state index in [0.29, 0.717) is 5.82 Å². The molecule has 0 unspecified atom stereocenters. The fourth-order valence-corrected chi connectivity index (χ4v) is 24.9. The van der Waals surface area contributed by atoms with E-state index >= 15 is 0 Å². The number of nitrogens with zero attached hydrogens (tertiary/aromatic N) is 4. The van der Waals surface area contributed by atoms with Crippen LogP contribution in [-0.2, 0) is 0 Å². The molecule has 17 rings (SSSR count). The molecule has 0 aliphatic carbocycles. The predicted octanol–water partition coefficient (Wildman–Crippen LogP) is 14.3. The Labute approximate surface area is 513 Å². The summed E-state index contributed by atoms with van der Waals surface area (Å²) in [6, 6.07) is 119. The van der Waals surface area contributed by atoms with Crippen LogP contribution < -0.4 is 41.5 Å². The summed E-state index contributed by atoms with van der Waals surface area (Å²) in [5.41, 5.74) is 18.0. The first-order valence-corrected chi connectivity index (χ1v) is 34.2. The molecule has 0 bridgehead atoms. The number of benzene rings is 12. The van der Waals surface area contributed by atoms with Gasteiger partial charge in [0.2, 0.25) is 0 Å². The molecule has 4 nitrogen and oxygen atoms in total. The number of aromatic nitrogens is 4. The minimum atomic E-state index is -2.72. The molecule has 2 aliphatic heterocycles. The first kappa shape index (κ1) is 51.4. The number of hydrogen-bond acceptors (Lipinski definition) is 4. The molecule has 0 amide bonds. The zero-order valence-corrected chi connectivity index (χ0v) is 50.0. The number of pyridine rings is 2. The molecule has 0 fully saturated rings. The molecular weight excluding hydrogens is 1100 g/mol. The lowest BCUT2D eigenvalue weighted by Gasteiger charge is -2.31. The number of fused-ring (bicyclic) bond motifs is 9. The van der Waals surface area contributed by atoms with Gasteiger partial charge in [-0.2, -0.15) is 0 Å². The van der Waals surface area contributed by atoms with Crippen LogP contribution in [-0.4, -0.2) is 36.1 Å². The fraction of sp³-hybridized carbons (Fsp3) is 0. The molecule has 15 aromatic rings. The second-order valence-electron chi connectivity index (χ2n) is 23.2. The summed E-state index contributed by atoms with van der Waals surface area (Å²) < 4.78 is 0. The normalized spacial score (nSPS) is 13.2. The number of hydrogen-bond donors (Lipinski definition) is 0. The molecule has 88 heavy (non-hydrogen) atoms. The first-order valence-electron chi connectivity index (χ1n) is 30.2. The van der Waals surface area contributed by atoms with Crippen molar-refractivity contribution in [2.24, 2.45) is 0 Å². The van der Waals surface area contributed by atoms with Crippen LogP contribution in [0, 0.1) is 0 Å². The summed E-state index contributed by atoms with van der Waals surface area (Å²) in [7, 11) is -5.44. The van der Waals surface area contributed by atoms with Crippen LogP contribution in [0.3, 0.4) is 0 Å². The van der Waals surface area contributed by atoms with Gasteiger partial charge in [0.25, 0.3) is 0 Å². The lowest BCUT2D eigenvalue weighted by Crippen LogP contribution is -2.72. The smallest absolute Gasteiger partial charge is 0.180 e. The summed E-state index contributed by atoms with van der Waals surface area (Å²) in [6.07, 6.45) is 1.84. The SMILES string of the molecule is c1ccc(-c2nc(-c3ccc(-c4ccc5ccc6cccnc6c5n4)cc3)cc(-c3cc(-c4ccc5c(c4)-c4ccccc4[Si]5(c4ccccc4)c4ccccc4)cc(-c4ccc5c(c4)-c4ccccc4[Si]5(c4ccccc4)c4ccccc4)c3)n2)cc1. The van der Waals surface area contributed by atoms with Gasteiger partial charge in [-0.15, -0.1) is 0 Å². The van der Waals surface area contributed by atoms with Crippen LogP contribution in [0.25, 0.3) is 111 Å². The zero-order chi connectivity index (χ0) is 58.2. The van der Waals surface area contributed by atoms with Gasteiger partial charge in [-0.3, -0.25) is 4.98 Å². The largest absolute Gasteiger partial charge is 0.254 e. The monoisotopic (exact) mass is 1150 g/mol. The van der Waals surface area contributed by atoms with Crippen molar-refractivity contribution in [1.29, 1.82) is 0 Å². The van der Waals surface area contributed by atoms with Crippen molar-refractivity contribution in [1.82, 2.24) is 19.9 Å². The minimum absolute atomic E-state index is 0.661. The molecule has 2 aliphatic rings. The Balaban J connectivity index is 0.863. The van der Waals surface area contributed by atoms with E-state index in [1.165, 1.54) is 63.7 Å². The lowest BCUT2D eigenvalue weighted by molar-refractivity contribution is 1.18. The molecule has 6 heteroatoms. The summed E-state index contributed by atoms with van der Waals surface area (Å²) in [5.74, 6) is 0.661. The summed E-state index contributed by atoms with van der Waals surface area (Å²) in [4.78, 5) is 20.8. The van der Waals surface area contributed by atoms with Crippen LogP contribution in [0.5, 0.6) is 0 Å². The molecule has 3 aromatic heterocycles. The van der Waals surface area contributed by atoms with E-state index in [-0.39, 0.29) is 0 Å². The Morgan fingerprint density at radius 1 is 0.216 bits per heavy atom. The highest BCUT2D eigenvalue weighted by Gasteiger charge is 2.50. The third-order valence-electron chi connectivity index (χ3n) is 18.5. The quantitative estimate of drug-likeness (QED) is 0.101. The van der Waals surface area contributed by atoms with Gasteiger partial charge in [0.05, 0.1) is 28.1 Å². The molecule has 410 valence electrons. The summed E-state index contributed by atoms with van der Waals surface area (Å²) in [5, 5.41) is 13.3. The summed E-state index contributed by atoms with van der Waals surface area (Å²) >= 11 is 0. The van der Waals surface area contributed by atoms with Crippen molar-refractivity contribution in [2.75, 3.05) is 0 Å². The predicted molar refractivity (Wildman–Crippen MR) is 370 cm³/mol. The summed E-state index contributed by atoms with van der Waals surface area (Å²) in [6.45, 7) is 0. The third-order valence-corrected chi connectivity index (χ3v) is 28.3. The molecule has 0 saturated carbocycles. The van der Waals surface area contributed by atoms with E-state index in [9.17, 15) is 0 Å². The van der Waals surface area contributed by atoms with Gasteiger partial charge >= 0.3 is 0 Å². The van der Waals surface area contributed by atoms with Crippen molar-refractivity contribution >= 4 is 79.4 Å². The van der Waals surface area contributed by atoms with Crippen LogP contribution in [0.2, 0.25) is 0 Å². The standard InChI is InChI=1S/C82H54N4Si2/c1-6-21-59(22-7-1)82-85-74(56-38-36-55(37-39-56)73-45-42-58-41-40-57-23-20-48-83-80(57)81(58)84-73)54-75(86-82)64-50-62(60-43-46-78-71(52-60)69-32-16-18-34-76(69)87(78,65-24-8-2-9-25-65)66-26-10-3-11-27-66)49-63(51-64)61-44-47-79-72(53-61)70-33-17-19-35-77(70)88(79,67-28-12-4-13-29-67)68-30-14-5-15-31-68/h1-54H. The Bertz CT molecular complexity index is 4910. The fourth-order valence-electron chi connectivity index (χ4n) is 14.5. The van der Waals surface area contributed by atoms with Gasteiger partial charge in [0.15, 0.2) is 22.0 Å². The van der Waals surface area contributed by atoms with Crippen LogP contribution >= 0.6 is 0 Å². The Morgan fingerprint density at radius 2 is 0.614 bits per heavy atom. The Hall–Kier alpha value is -11.0. The van der Waals surface area contributed by atoms with Gasteiger partial charge in [-0.25, -0.2) is 15.0 Å². The molecule has 0 atom stereocenters. The highest BCUT2D eigenvalue weighted by atomic mass is 28.3. The molecule has 12 aromatic carbocycles. The highest BCUT2D eigenvalue weighted by molar-refractivity contribution is 7.23. The molecule has 5 heterocycles. The average Bonchev–Trinajstić information content (AvgIpc) is 1.59. The van der Waals surface area contributed by atoms with E-state index in [1.807, 2.05) is 18.3 Å². The van der Waals surface area contributed by atoms with E-state index in [2.05, 4.69) is 309 Å². The van der Waals surface area contributed by atoms with Gasteiger partial charge < -0.3 is 0 Å². The first-order chi connectivity index (χ1) is 43.6. The Kier molecular flexibility index (Phi) is 12.2. The maximum absolute atomic E-state index is 5.52. The van der Waals surface area contributed by atoms with Crippen molar-refractivity contribution in [3.63, 3.8) is 0 Å². The second-order valence-corrected chi connectivity index (χ2v) is 30.7. The van der Waals surface area contributed by atoms with Gasteiger partial charge in [-0.05, 0) is 135 Å². The van der Waals surface area contributed by atoms with Gasteiger partial charge in [0.1, 0.15) is 0 Å². The third kappa shape index (κ3) is 8.18. The zero-order valence-electron chi connectivity index (χ0n) is 48.0. The van der Waals surface area contributed by atoms with E-state index in [0.717, 1.165) is 83.4 Å². The van der Waals surface area contributed by atoms with E-state index < -0.39 is 16.1 Å². The van der Waals surface area contributed by atoms with Gasteiger partial charge in [-0.1, -0.05) is 273 Å². The maximum atomic E-state index is 5.52. The molecule has 0 N–H and O–H groups in total.